The molecule has 1 aromatic heterocycles. The number of halogens is 4. The number of hydrogen-bond donors (Lipinski definition) is 0. The summed E-state index contributed by atoms with van der Waals surface area (Å²) in [5, 5.41) is 0.410. The third-order valence-electron chi connectivity index (χ3n) is 2.10. The second-order valence-electron chi connectivity index (χ2n) is 3.08. The monoisotopic (exact) mass is 342 g/mol. The van der Waals surface area contributed by atoms with Crippen LogP contribution in [0.1, 0.15) is 5.76 Å². The van der Waals surface area contributed by atoms with E-state index in [9.17, 15) is 13.2 Å². The number of furan rings is 1. The number of hydrogen-bond acceptors (Lipinski definition) is 2. The fourth-order valence-electron chi connectivity index (χ4n) is 1.41. The molecular weight excluding hydrogens is 336 g/mol. The zero-order chi connectivity index (χ0) is 11.9. The largest absolute Gasteiger partial charge is 0.493 e. The SMILES string of the molecule is COc1cccc2c(I)c(C(F)(F)F)oc12. The molecule has 2 nitrogen and oxygen atoms in total. The van der Waals surface area contributed by atoms with E-state index in [2.05, 4.69) is 0 Å². The molecule has 0 fully saturated rings. The van der Waals surface area contributed by atoms with Gasteiger partial charge in [-0.25, -0.2) is 0 Å². The van der Waals surface area contributed by atoms with Gasteiger partial charge in [-0.15, -0.1) is 0 Å². The Morgan fingerprint density at radius 2 is 2.00 bits per heavy atom. The molecule has 0 aliphatic rings. The van der Waals surface area contributed by atoms with E-state index in [-0.39, 0.29) is 9.15 Å². The highest BCUT2D eigenvalue weighted by molar-refractivity contribution is 14.1. The number of methoxy groups -OCH3 is 1. The van der Waals surface area contributed by atoms with Crippen LogP contribution >= 0.6 is 22.6 Å². The molecule has 0 N–H and O–H groups in total. The standard InChI is InChI=1S/C10H6F3IO2/c1-15-6-4-2-3-5-7(14)9(10(11,12)13)16-8(5)6/h2-4H,1H3. The molecule has 1 aromatic carbocycles. The molecule has 0 spiro atoms. The van der Waals surface area contributed by atoms with Gasteiger partial charge in [0.1, 0.15) is 0 Å². The number of para-hydroxylation sites is 1. The first-order valence-corrected chi connectivity index (χ1v) is 5.35. The zero-order valence-corrected chi connectivity index (χ0v) is 10.2. The van der Waals surface area contributed by atoms with Crippen molar-refractivity contribution in [3.05, 3.63) is 27.5 Å². The first-order chi connectivity index (χ1) is 7.45. The molecular formula is C10H6F3IO2. The van der Waals surface area contributed by atoms with Gasteiger partial charge < -0.3 is 9.15 Å². The average molecular weight is 342 g/mol. The van der Waals surface area contributed by atoms with E-state index in [0.717, 1.165) is 0 Å². The maximum Gasteiger partial charge on any atom is 0.450 e. The van der Waals surface area contributed by atoms with Crippen LogP contribution in [0.15, 0.2) is 22.6 Å². The molecule has 6 heteroatoms. The second kappa shape index (κ2) is 3.83. The summed E-state index contributed by atoms with van der Waals surface area (Å²) in [5.74, 6) is -0.682. The van der Waals surface area contributed by atoms with Crippen molar-refractivity contribution in [1.82, 2.24) is 0 Å². The molecule has 0 bridgehead atoms. The molecule has 86 valence electrons. The Bertz CT molecular complexity index is 531. The van der Waals surface area contributed by atoms with Crippen LogP contribution in [0, 0.1) is 3.57 Å². The van der Waals surface area contributed by atoms with Crippen molar-refractivity contribution in [3.63, 3.8) is 0 Å². The van der Waals surface area contributed by atoms with Gasteiger partial charge in [0.25, 0.3) is 0 Å². The van der Waals surface area contributed by atoms with Gasteiger partial charge in [0.15, 0.2) is 11.3 Å². The van der Waals surface area contributed by atoms with E-state index in [0.29, 0.717) is 11.1 Å². The fourth-order valence-corrected chi connectivity index (χ4v) is 2.25. The van der Waals surface area contributed by atoms with Crippen molar-refractivity contribution in [2.24, 2.45) is 0 Å². The van der Waals surface area contributed by atoms with Crippen LogP contribution in [-0.4, -0.2) is 7.11 Å². The Labute approximate surface area is 103 Å². The fraction of sp³-hybridized carbons (Fsp3) is 0.200. The summed E-state index contributed by atoms with van der Waals surface area (Å²) in [5.41, 5.74) is 0.127. The van der Waals surface area contributed by atoms with Crippen LogP contribution in [0.3, 0.4) is 0 Å². The van der Waals surface area contributed by atoms with E-state index in [1.807, 2.05) is 0 Å². The normalized spacial score (nSPS) is 12.1. The molecule has 0 aliphatic heterocycles. The lowest BCUT2D eigenvalue weighted by atomic mass is 10.2. The summed E-state index contributed by atoms with van der Waals surface area (Å²) in [7, 11) is 1.39. The lowest BCUT2D eigenvalue weighted by Crippen LogP contribution is -2.04. The predicted molar refractivity (Wildman–Crippen MR) is 60.5 cm³/mol. The Kier molecular flexibility index (Phi) is 2.77. The van der Waals surface area contributed by atoms with Gasteiger partial charge in [-0.3, -0.25) is 0 Å². The molecule has 16 heavy (non-hydrogen) atoms. The summed E-state index contributed by atoms with van der Waals surface area (Å²) in [6.45, 7) is 0. The van der Waals surface area contributed by atoms with E-state index in [1.165, 1.54) is 7.11 Å². The summed E-state index contributed by atoms with van der Waals surface area (Å²) >= 11 is 1.62. The molecule has 0 saturated heterocycles. The predicted octanol–water partition coefficient (Wildman–Crippen LogP) is 4.06. The van der Waals surface area contributed by atoms with Gasteiger partial charge >= 0.3 is 6.18 Å². The number of ether oxygens (including phenoxy) is 1. The van der Waals surface area contributed by atoms with Gasteiger partial charge in [0.05, 0.1) is 10.7 Å². The van der Waals surface area contributed by atoms with Crippen molar-refractivity contribution < 1.29 is 22.3 Å². The van der Waals surface area contributed by atoms with Gasteiger partial charge in [0, 0.05) is 5.39 Å². The van der Waals surface area contributed by atoms with E-state index in [1.54, 1.807) is 40.8 Å². The number of fused-ring (bicyclic) bond motifs is 1. The van der Waals surface area contributed by atoms with Crippen molar-refractivity contribution >= 4 is 33.6 Å². The summed E-state index contributed by atoms with van der Waals surface area (Å²) in [4.78, 5) is 0. The van der Waals surface area contributed by atoms with Crippen LogP contribution < -0.4 is 4.74 Å². The van der Waals surface area contributed by atoms with Gasteiger partial charge in [0.2, 0.25) is 5.76 Å². The topological polar surface area (TPSA) is 22.4 Å². The van der Waals surface area contributed by atoms with Crippen molar-refractivity contribution in [1.29, 1.82) is 0 Å². The highest BCUT2D eigenvalue weighted by atomic mass is 127. The van der Waals surface area contributed by atoms with E-state index < -0.39 is 11.9 Å². The number of benzene rings is 1. The van der Waals surface area contributed by atoms with Crippen molar-refractivity contribution in [2.75, 3.05) is 7.11 Å². The minimum atomic E-state index is -4.49. The van der Waals surface area contributed by atoms with Crippen LogP contribution in [0.4, 0.5) is 13.2 Å². The Hall–Kier alpha value is -0.920. The average Bonchev–Trinajstić information content (AvgIpc) is 2.56. The lowest BCUT2D eigenvalue weighted by Gasteiger charge is -2.01. The second-order valence-corrected chi connectivity index (χ2v) is 4.16. The molecule has 0 radical (unpaired) electrons. The summed E-state index contributed by atoms with van der Waals surface area (Å²) in [6, 6.07) is 4.75. The van der Waals surface area contributed by atoms with Crippen LogP contribution in [0.5, 0.6) is 5.75 Å². The first-order valence-electron chi connectivity index (χ1n) is 4.27. The smallest absolute Gasteiger partial charge is 0.450 e. The molecule has 0 amide bonds. The molecule has 2 rings (SSSR count). The minimum Gasteiger partial charge on any atom is -0.493 e. The Morgan fingerprint density at radius 3 is 2.56 bits per heavy atom. The van der Waals surface area contributed by atoms with Crippen molar-refractivity contribution in [2.45, 2.75) is 6.18 Å². The maximum atomic E-state index is 12.6. The highest BCUT2D eigenvalue weighted by Crippen LogP contribution is 2.41. The lowest BCUT2D eigenvalue weighted by molar-refractivity contribution is -0.153. The van der Waals surface area contributed by atoms with Gasteiger partial charge in [-0.05, 0) is 34.7 Å². The third-order valence-corrected chi connectivity index (χ3v) is 3.17. The number of alkyl halides is 3. The Morgan fingerprint density at radius 1 is 1.31 bits per heavy atom. The maximum absolute atomic E-state index is 12.6. The highest BCUT2D eigenvalue weighted by Gasteiger charge is 2.38. The molecule has 2 aromatic rings. The zero-order valence-electron chi connectivity index (χ0n) is 8.06. The van der Waals surface area contributed by atoms with Gasteiger partial charge in [-0.1, -0.05) is 6.07 Å². The minimum absolute atomic E-state index is 0.0546. The molecule has 0 saturated carbocycles. The molecule has 1 heterocycles. The van der Waals surface area contributed by atoms with Crippen LogP contribution in [0.2, 0.25) is 0 Å². The molecule has 0 atom stereocenters. The van der Waals surface area contributed by atoms with Crippen LogP contribution in [-0.2, 0) is 6.18 Å². The molecule has 0 aliphatic carbocycles. The van der Waals surface area contributed by atoms with Gasteiger partial charge in [-0.2, -0.15) is 13.2 Å². The van der Waals surface area contributed by atoms with E-state index in [4.69, 9.17) is 9.15 Å². The third kappa shape index (κ3) is 1.74. The summed E-state index contributed by atoms with van der Waals surface area (Å²) < 4.78 is 47.6. The summed E-state index contributed by atoms with van der Waals surface area (Å²) in [6.07, 6.45) is -4.49. The Balaban J connectivity index is 2.77. The first kappa shape index (κ1) is 11.6. The quantitative estimate of drug-likeness (QED) is 0.730. The van der Waals surface area contributed by atoms with Crippen LogP contribution in [0.25, 0.3) is 11.0 Å². The molecule has 0 unspecified atom stereocenters. The van der Waals surface area contributed by atoms with E-state index >= 15 is 0 Å². The number of rotatable bonds is 1. The van der Waals surface area contributed by atoms with Crippen molar-refractivity contribution in [3.8, 4) is 5.75 Å².